The van der Waals surface area contributed by atoms with E-state index >= 15 is 0 Å². The maximum Gasteiger partial charge on any atom is 0.490 e. The molecular weight excluding hydrogens is 515 g/mol. The molecule has 0 aliphatic carbocycles. The molecule has 1 fully saturated rings. The third kappa shape index (κ3) is 6.78. The van der Waals surface area contributed by atoms with E-state index in [0.717, 1.165) is 17.7 Å². The SMILES string of the molecule is CC#CC1(O)C(O)[C@@H]([C@H](C)OP(=O)(O)OP(=O)(O)OP(=O)(O)O)O[C@H]1n1ccc(N)nc1=O. The number of aromatic nitrogens is 2. The number of anilines is 1. The number of ether oxygens (including phenoxy) is 1. The van der Waals surface area contributed by atoms with Crippen LogP contribution in [0.1, 0.15) is 20.1 Å². The Kier molecular flexibility index (Phi) is 8.12. The van der Waals surface area contributed by atoms with E-state index in [0.29, 0.717) is 0 Å². The first-order valence-electron chi connectivity index (χ1n) is 8.57. The Bertz CT molecular complexity index is 1160. The van der Waals surface area contributed by atoms with Crippen LogP contribution in [0, 0.1) is 11.8 Å². The lowest BCUT2D eigenvalue weighted by Gasteiger charge is -2.27. The van der Waals surface area contributed by atoms with Crippen molar-refractivity contribution in [1.29, 1.82) is 0 Å². The Labute approximate surface area is 185 Å². The second kappa shape index (κ2) is 9.65. The van der Waals surface area contributed by atoms with Gasteiger partial charge >= 0.3 is 29.2 Å². The maximum atomic E-state index is 12.2. The van der Waals surface area contributed by atoms with Crippen LogP contribution in [0.5, 0.6) is 0 Å². The lowest BCUT2D eigenvalue weighted by atomic mass is 9.93. The first kappa shape index (κ1) is 27.8. The summed E-state index contributed by atoms with van der Waals surface area (Å²) in [6, 6.07) is 1.18. The van der Waals surface area contributed by atoms with Gasteiger partial charge in [-0.1, -0.05) is 5.92 Å². The number of aliphatic hydroxyl groups excluding tert-OH is 1. The molecule has 17 nitrogen and oxygen atoms in total. The van der Waals surface area contributed by atoms with Gasteiger partial charge in [0.05, 0.1) is 6.10 Å². The van der Waals surface area contributed by atoms with Gasteiger partial charge < -0.3 is 40.3 Å². The number of nitrogens with two attached hydrogens (primary N) is 1. The molecule has 2 rings (SSSR count). The Morgan fingerprint density at radius 2 is 1.85 bits per heavy atom. The molecule has 0 spiro atoms. The molecule has 33 heavy (non-hydrogen) atoms. The summed E-state index contributed by atoms with van der Waals surface area (Å²) in [6.07, 6.45) is -6.02. The minimum Gasteiger partial charge on any atom is -0.386 e. The minimum absolute atomic E-state index is 0.155. The molecule has 0 aromatic carbocycles. The molecule has 1 aromatic heterocycles. The van der Waals surface area contributed by atoms with Gasteiger partial charge in [0.25, 0.3) is 0 Å². The molecule has 1 aliphatic heterocycles. The van der Waals surface area contributed by atoms with Crippen LogP contribution < -0.4 is 11.4 Å². The van der Waals surface area contributed by atoms with Gasteiger partial charge in [0.15, 0.2) is 11.8 Å². The molecular formula is C13H20N3O14P3. The number of rotatable bonds is 8. The third-order valence-corrected chi connectivity index (χ3v) is 7.96. The van der Waals surface area contributed by atoms with Crippen molar-refractivity contribution in [2.75, 3.05) is 5.73 Å². The summed E-state index contributed by atoms with van der Waals surface area (Å²) < 4.78 is 52.2. The second-order valence-electron chi connectivity index (χ2n) is 6.54. The van der Waals surface area contributed by atoms with E-state index in [1.807, 2.05) is 0 Å². The highest BCUT2D eigenvalue weighted by atomic mass is 31.3. The summed E-state index contributed by atoms with van der Waals surface area (Å²) in [5, 5.41) is 21.5. The molecule has 4 unspecified atom stereocenters. The molecule has 0 radical (unpaired) electrons. The molecule has 0 saturated carbocycles. The lowest BCUT2D eigenvalue weighted by Crippen LogP contribution is -2.48. The summed E-state index contributed by atoms with van der Waals surface area (Å²) >= 11 is 0. The van der Waals surface area contributed by atoms with Crippen LogP contribution in [0.3, 0.4) is 0 Å². The van der Waals surface area contributed by atoms with Gasteiger partial charge in [-0.3, -0.25) is 9.09 Å². The van der Waals surface area contributed by atoms with Crippen LogP contribution in [0.4, 0.5) is 5.82 Å². The summed E-state index contributed by atoms with van der Waals surface area (Å²) in [6.45, 7) is 2.31. The fraction of sp³-hybridized carbons (Fsp3) is 0.538. The highest BCUT2D eigenvalue weighted by Crippen LogP contribution is 2.66. The van der Waals surface area contributed by atoms with E-state index in [1.54, 1.807) is 0 Å². The zero-order valence-electron chi connectivity index (χ0n) is 16.7. The van der Waals surface area contributed by atoms with E-state index in [1.165, 1.54) is 13.0 Å². The fourth-order valence-corrected chi connectivity index (χ4v) is 6.08. The highest BCUT2D eigenvalue weighted by Gasteiger charge is 2.58. The largest absolute Gasteiger partial charge is 0.490 e. The zero-order valence-corrected chi connectivity index (χ0v) is 19.4. The van der Waals surface area contributed by atoms with Crippen molar-refractivity contribution < 1.29 is 61.4 Å². The Balaban J connectivity index is 2.31. The topological polar surface area (TPSA) is 270 Å². The molecule has 2 heterocycles. The van der Waals surface area contributed by atoms with Crippen molar-refractivity contribution in [3.05, 3.63) is 22.7 Å². The third-order valence-electron chi connectivity index (χ3n) is 4.03. The number of phosphoric ester groups is 1. The van der Waals surface area contributed by atoms with Gasteiger partial charge in [0.2, 0.25) is 0 Å². The van der Waals surface area contributed by atoms with Gasteiger partial charge in [-0.2, -0.15) is 13.6 Å². The zero-order chi connectivity index (χ0) is 25.4. The Morgan fingerprint density at radius 3 is 2.36 bits per heavy atom. The van der Waals surface area contributed by atoms with Crippen molar-refractivity contribution in [3.63, 3.8) is 0 Å². The number of hydrogen-bond acceptors (Lipinski definition) is 12. The highest BCUT2D eigenvalue weighted by molar-refractivity contribution is 7.66. The van der Waals surface area contributed by atoms with Crippen molar-refractivity contribution in [2.24, 2.45) is 0 Å². The number of nitrogens with zero attached hydrogens (tertiary/aromatic N) is 2. The fourth-order valence-electron chi connectivity index (χ4n) is 2.88. The summed E-state index contributed by atoms with van der Waals surface area (Å²) in [4.78, 5) is 51.7. The van der Waals surface area contributed by atoms with Crippen LogP contribution in [0.25, 0.3) is 0 Å². The number of phosphoric acid groups is 3. The smallest absolute Gasteiger partial charge is 0.386 e. The van der Waals surface area contributed by atoms with Crippen molar-refractivity contribution in [2.45, 2.75) is 44.0 Å². The second-order valence-corrected chi connectivity index (χ2v) is 10.9. The lowest BCUT2D eigenvalue weighted by molar-refractivity contribution is -0.0868. The molecule has 8 N–H and O–H groups in total. The standard InChI is InChI=1S/C13H20N3O14P3/c1-3-5-13(19)10(17)9(27-11(13)16-6-4-8(14)15-12(16)18)7(2)28-32(23,24)30-33(25,26)29-31(20,21)22/h4,6-7,9-11,17,19H,1-2H3,(H,23,24)(H,25,26)(H2,14,15,18)(H2,20,21,22)/t7-,9+,10?,11+,13?/m0/s1. The van der Waals surface area contributed by atoms with E-state index in [-0.39, 0.29) is 5.82 Å². The molecule has 20 heteroatoms. The quantitative estimate of drug-likeness (QED) is 0.148. The number of nitrogen functional groups attached to an aromatic ring is 1. The van der Waals surface area contributed by atoms with Crippen LogP contribution in [-0.2, 0) is 31.6 Å². The molecule has 1 aromatic rings. The summed E-state index contributed by atoms with van der Waals surface area (Å²) in [5.74, 6) is 4.46. The molecule has 0 bridgehead atoms. The number of aliphatic hydroxyl groups is 2. The predicted octanol–water partition coefficient (Wildman–Crippen LogP) is -1.43. The minimum atomic E-state index is -5.79. The molecule has 1 aliphatic rings. The predicted molar refractivity (Wildman–Crippen MR) is 106 cm³/mol. The van der Waals surface area contributed by atoms with Crippen LogP contribution in [-0.4, -0.2) is 63.3 Å². The van der Waals surface area contributed by atoms with Crippen LogP contribution in [0.2, 0.25) is 0 Å². The van der Waals surface area contributed by atoms with Crippen molar-refractivity contribution >= 4 is 29.3 Å². The van der Waals surface area contributed by atoms with E-state index in [4.69, 9.17) is 20.3 Å². The molecule has 0 amide bonds. The van der Waals surface area contributed by atoms with Gasteiger partial charge in [0.1, 0.15) is 18.0 Å². The molecule has 7 atom stereocenters. The van der Waals surface area contributed by atoms with E-state index in [2.05, 4.69) is 30.0 Å². The number of hydrogen-bond donors (Lipinski definition) is 7. The molecule has 186 valence electrons. The normalized spacial score (nSPS) is 30.0. The summed E-state index contributed by atoms with van der Waals surface area (Å²) in [7, 11) is -17.0. The van der Waals surface area contributed by atoms with Gasteiger partial charge in [0, 0.05) is 6.20 Å². The van der Waals surface area contributed by atoms with Crippen LogP contribution in [0.15, 0.2) is 17.1 Å². The van der Waals surface area contributed by atoms with Crippen molar-refractivity contribution in [1.82, 2.24) is 9.55 Å². The molecule has 1 saturated heterocycles. The average molecular weight is 535 g/mol. The van der Waals surface area contributed by atoms with Gasteiger partial charge in [-0.25, -0.2) is 18.5 Å². The van der Waals surface area contributed by atoms with Crippen molar-refractivity contribution in [3.8, 4) is 11.8 Å². The first-order chi connectivity index (χ1) is 14.9. The average Bonchev–Trinajstić information content (AvgIpc) is 2.83. The summed E-state index contributed by atoms with van der Waals surface area (Å²) in [5.41, 5.74) is 1.95. The Morgan fingerprint density at radius 1 is 1.24 bits per heavy atom. The van der Waals surface area contributed by atoms with Crippen LogP contribution >= 0.6 is 23.5 Å². The maximum absolute atomic E-state index is 12.2. The van der Waals surface area contributed by atoms with E-state index < -0.39 is 59.3 Å². The monoisotopic (exact) mass is 535 g/mol. The van der Waals surface area contributed by atoms with Gasteiger partial charge in [-0.05, 0) is 19.9 Å². The van der Waals surface area contributed by atoms with Gasteiger partial charge in [-0.15, -0.1) is 5.92 Å². The van der Waals surface area contributed by atoms with E-state index in [9.17, 15) is 38.5 Å². The Hall–Kier alpha value is -1.47. The first-order valence-corrected chi connectivity index (χ1v) is 13.1.